The molecule has 2 aromatic rings. The number of hydrogen-bond donors (Lipinski definition) is 1. The van der Waals surface area contributed by atoms with E-state index in [-0.39, 0.29) is 24.8 Å². The Kier molecular flexibility index (Phi) is 8.70. The van der Waals surface area contributed by atoms with E-state index in [1.165, 1.54) is 0 Å². The molecule has 0 radical (unpaired) electrons. The molecule has 1 N–H and O–H groups in total. The normalized spacial score (nSPS) is 20.0. The molecule has 0 amide bonds. The van der Waals surface area contributed by atoms with E-state index in [0.29, 0.717) is 24.0 Å². The number of nitrogens with one attached hydrogen (secondary N) is 1. The third-order valence-electron chi connectivity index (χ3n) is 6.74. The molecule has 5 nitrogen and oxygen atoms in total. The lowest BCUT2D eigenvalue weighted by Crippen LogP contribution is -2.40. The number of pyridine rings is 1. The Hall–Kier alpha value is -2.02. The van der Waals surface area contributed by atoms with E-state index in [1.807, 2.05) is 23.1 Å². The Balaban J connectivity index is 1.42. The fourth-order valence-corrected chi connectivity index (χ4v) is 4.99. The monoisotopic (exact) mass is 473 g/mol. The molecular formula is C26H33ClFN3O2. The van der Waals surface area contributed by atoms with Gasteiger partial charge in [0.15, 0.2) is 0 Å². The fourth-order valence-electron chi connectivity index (χ4n) is 4.77. The first-order valence-electron chi connectivity index (χ1n) is 12.0. The van der Waals surface area contributed by atoms with E-state index in [9.17, 15) is 9.18 Å². The standard InChI is InChI=1S/C26H33ClFN3O2/c27-25-17-30-23(15-26(32)21-4-2-9-31(18-21)10-8-28)14-24(25)20-3-1-5-22(13-20)29-16-19-6-11-33-12-7-19/h1,3,5,13-14,17,19,21,29H,2,4,6-12,15-16,18H2/t21-/m0/s1. The van der Waals surface area contributed by atoms with Crippen LogP contribution in [-0.2, 0) is 16.0 Å². The van der Waals surface area contributed by atoms with Crippen molar-refractivity contribution < 1.29 is 13.9 Å². The minimum atomic E-state index is -0.369. The molecule has 4 rings (SSSR count). The molecule has 1 atom stereocenters. The molecule has 3 heterocycles. The Morgan fingerprint density at radius 2 is 2.09 bits per heavy atom. The van der Waals surface area contributed by atoms with Crippen molar-refractivity contribution in [2.75, 3.05) is 51.4 Å². The van der Waals surface area contributed by atoms with Crippen LogP contribution in [0.5, 0.6) is 0 Å². The van der Waals surface area contributed by atoms with Gasteiger partial charge in [-0.15, -0.1) is 0 Å². The summed E-state index contributed by atoms with van der Waals surface area (Å²) in [6.07, 6.45) is 5.89. The van der Waals surface area contributed by atoms with Crippen LogP contribution in [0.15, 0.2) is 36.5 Å². The summed E-state index contributed by atoms with van der Waals surface area (Å²) in [6, 6.07) is 10.1. The Bertz CT molecular complexity index is 934. The first-order chi connectivity index (χ1) is 16.1. The van der Waals surface area contributed by atoms with Gasteiger partial charge < -0.3 is 15.0 Å². The third kappa shape index (κ3) is 6.75. The number of rotatable bonds is 9. The van der Waals surface area contributed by atoms with Crippen molar-refractivity contribution in [3.05, 3.63) is 47.2 Å². The average molecular weight is 474 g/mol. The SMILES string of the molecule is O=C(Cc1cc(-c2cccc(NCC3CCOCC3)c2)c(Cl)cn1)[C@H]1CCCN(CCF)C1. The lowest BCUT2D eigenvalue weighted by molar-refractivity contribution is -0.123. The van der Waals surface area contributed by atoms with Gasteiger partial charge in [0.1, 0.15) is 12.5 Å². The number of piperidine rings is 1. The first-order valence-corrected chi connectivity index (χ1v) is 12.4. The van der Waals surface area contributed by atoms with Gasteiger partial charge in [0.05, 0.1) is 5.02 Å². The van der Waals surface area contributed by atoms with Crippen molar-refractivity contribution in [2.24, 2.45) is 11.8 Å². The molecule has 2 fully saturated rings. The van der Waals surface area contributed by atoms with Crippen molar-refractivity contribution in [1.82, 2.24) is 9.88 Å². The highest BCUT2D eigenvalue weighted by Gasteiger charge is 2.26. The van der Waals surface area contributed by atoms with Gasteiger partial charge in [-0.25, -0.2) is 4.39 Å². The van der Waals surface area contributed by atoms with Gasteiger partial charge in [-0.3, -0.25) is 9.78 Å². The Morgan fingerprint density at radius 3 is 2.91 bits per heavy atom. The van der Waals surface area contributed by atoms with Crippen molar-refractivity contribution in [1.29, 1.82) is 0 Å². The minimum Gasteiger partial charge on any atom is -0.385 e. The zero-order valence-electron chi connectivity index (χ0n) is 19.1. The maximum absolute atomic E-state index is 12.9. The van der Waals surface area contributed by atoms with Crippen molar-refractivity contribution in [3.63, 3.8) is 0 Å². The summed E-state index contributed by atoms with van der Waals surface area (Å²) in [4.78, 5) is 19.4. The number of likely N-dealkylation sites (tertiary alicyclic amines) is 1. The molecular weight excluding hydrogens is 441 g/mol. The number of Topliss-reactive ketones (excluding diaryl/α,β-unsaturated/α-hetero) is 1. The molecule has 178 valence electrons. The molecule has 2 aliphatic heterocycles. The second kappa shape index (κ2) is 11.9. The number of carbonyl (C=O) groups is 1. The van der Waals surface area contributed by atoms with Gasteiger partial charge in [-0.1, -0.05) is 23.7 Å². The van der Waals surface area contributed by atoms with Crippen LogP contribution in [-0.4, -0.2) is 61.7 Å². The van der Waals surface area contributed by atoms with Gasteiger partial charge in [0.25, 0.3) is 0 Å². The van der Waals surface area contributed by atoms with E-state index < -0.39 is 0 Å². The van der Waals surface area contributed by atoms with E-state index in [0.717, 1.165) is 74.5 Å². The van der Waals surface area contributed by atoms with Crippen LogP contribution < -0.4 is 5.32 Å². The highest BCUT2D eigenvalue weighted by molar-refractivity contribution is 6.33. The molecule has 0 saturated carbocycles. The topological polar surface area (TPSA) is 54.5 Å². The van der Waals surface area contributed by atoms with Crippen molar-refractivity contribution >= 4 is 23.1 Å². The second-order valence-electron chi connectivity index (χ2n) is 9.14. The van der Waals surface area contributed by atoms with E-state index >= 15 is 0 Å². The predicted molar refractivity (Wildman–Crippen MR) is 131 cm³/mol. The van der Waals surface area contributed by atoms with Gasteiger partial charge in [0, 0.05) is 68.3 Å². The number of nitrogens with zero attached hydrogens (tertiary/aromatic N) is 2. The molecule has 2 aliphatic rings. The van der Waals surface area contributed by atoms with Crippen LogP contribution in [0.2, 0.25) is 5.02 Å². The molecule has 7 heteroatoms. The fraction of sp³-hybridized carbons (Fsp3) is 0.538. The third-order valence-corrected chi connectivity index (χ3v) is 7.04. The van der Waals surface area contributed by atoms with E-state index in [1.54, 1.807) is 6.20 Å². The number of ether oxygens (including phenoxy) is 1. The molecule has 1 aromatic heterocycles. The molecule has 33 heavy (non-hydrogen) atoms. The summed E-state index contributed by atoms with van der Waals surface area (Å²) < 4.78 is 18.2. The van der Waals surface area contributed by atoms with Gasteiger partial charge in [0.2, 0.25) is 0 Å². The number of alkyl halides is 1. The van der Waals surface area contributed by atoms with Gasteiger partial charge in [-0.2, -0.15) is 0 Å². The smallest absolute Gasteiger partial charge is 0.143 e. The number of anilines is 1. The number of aromatic nitrogens is 1. The number of benzene rings is 1. The zero-order valence-corrected chi connectivity index (χ0v) is 19.8. The lowest BCUT2D eigenvalue weighted by Gasteiger charge is -2.31. The number of hydrogen-bond acceptors (Lipinski definition) is 5. The Labute approximate surface area is 200 Å². The lowest BCUT2D eigenvalue weighted by atomic mass is 9.91. The van der Waals surface area contributed by atoms with Crippen LogP contribution in [0.4, 0.5) is 10.1 Å². The quantitative estimate of drug-likeness (QED) is 0.553. The molecule has 0 unspecified atom stereocenters. The second-order valence-corrected chi connectivity index (χ2v) is 9.55. The average Bonchev–Trinajstić information content (AvgIpc) is 2.85. The number of ketones is 1. The summed E-state index contributed by atoms with van der Waals surface area (Å²) in [5.74, 6) is 0.750. The minimum absolute atomic E-state index is 0.0519. The van der Waals surface area contributed by atoms with E-state index in [4.69, 9.17) is 16.3 Å². The molecule has 0 spiro atoms. The van der Waals surface area contributed by atoms with E-state index in [2.05, 4.69) is 22.4 Å². The highest BCUT2D eigenvalue weighted by Crippen LogP contribution is 2.30. The molecule has 0 aliphatic carbocycles. The maximum atomic E-state index is 12.9. The summed E-state index contributed by atoms with van der Waals surface area (Å²) >= 11 is 6.50. The maximum Gasteiger partial charge on any atom is 0.143 e. The summed E-state index contributed by atoms with van der Waals surface area (Å²) in [7, 11) is 0. The summed E-state index contributed by atoms with van der Waals surface area (Å²) in [5.41, 5.74) is 3.66. The zero-order chi connectivity index (χ0) is 23.0. The molecule has 2 saturated heterocycles. The van der Waals surface area contributed by atoms with Crippen LogP contribution in [0.1, 0.15) is 31.4 Å². The Morgan fingerprint density at radius 1 is 1.24 bits per heavy atom. The predicted octanol–water partition coefficient (Wildman–Crippen LogP) is 5.03. The molecule has 0 bridgehead atoms. The first kappa shape index (κ1) is 24.1. The number of halogens is 2. The van der Waals surface area contributed by atoms with Crippen LogP contribution in [0, 0.1) is 11.8 Å². The highest BCUT2D eigenvalue weighted by atomic mass is 35.5. The van der Waals surface area contributed by atoms with Crippen LogP contribution in [0.3, 0.4) is 0 Å². The summed E-state index contributed by atoms with van der Waals surface area (Å²) in [5, 5.41) is 4.12. The number of carbonyl (C=O) groups excluding carboxylic acids is 1. The van der Waals surface area contributed by atoms with Crippen molar-refractivity contribution in [3.8, 4) is 11.1 Å². The largest absolute Gasteiger partial charge is 0.385 e. The van der Waals surface area contributed by atoms with Crippen molar-refractivity contribution in [2.45, 2.75) is 32.1 Å². The van der Waals surface area contributed by atoms with Crippen LogP contribution >= 0.6 is 11.6 Å². The van der Waals surface area contributed by atoms with Gasteiger partial charge in [-0.05, 0) is 61.9 Å². The summed E-state index contributed by atoms with van der Waals surface area (Å²) in [6.45, 7) is 4.17. The molecule has 1 aromatic carbocycles. The van der Waals surface area contributed by atoms with Gasteiger partial charge >= 0.3 is 0 Å². The van der Waals surface area contributed by atoms with Crippen LogP contribution in [0.25, 0.3) is 11.1 Å².